The van der Waals surface area contributed by atoms with Crippen LogP contribution in [0.4, 0.5) is 5.00 Å². The molecule has 0 atom stereocenters. The fourth-order valence-corrected chi connectivity index (χ4v) is 5.44. The third kappa shape index (κ3) is 2.55. The molecule has 96 valence electrons. The Labute approximate surface area is 118 Å². The number of nitrogens with zero attached hydrogens (tertiary/aromatic N) is 1. The van der Waals surface area contributed by atoms with Crippen LogP contribution in [0.3, 0.4) is 0 Å². The standard InChI is InChI=1S/C8H5BrN2O4S3/c9-4-1-2-16-8(4)18(14,15)11-6-5(7(12)13)10-3-17-6/h1-3,11H,(H,12,13). The highest BCUT2D eigenvalue weighted by atomic mass is 79.9. The highest BCUT2D eigenvalue weighted by Crippen LogP contribution is 2.31. The zero-order chi connectivity index (χ0) is 13.3. The van der Waals surface area contributed by atoms with Crippen molar-refractivity contribution in [3.8, 4) is 0 Å². The van der Waals surface area contributed by atoms with Gasteiger partial charge in [0.05, 0.1) is 5.51 Å². The van der Waals surface area contributed by atoms with E-state index in [1.54, 1.807) is 11.4 Å². The highest BCUT2D eigenvalue weighted by Gasteiger charge is 2.23. The number of carboxylic acids is 1. The molecule has 6 nitrogen and oxygen atoms in total. The number of nitrogens with one attached hydrogen (secondary N) is 1. The van der Waals surface area contributed by atoms with Gasteiger partial charge in [-0.05, 0) is 27.4 Å². The summed E-state index contributed by atoms with van der Waals surface area (Å²) in [7, 11) is -3.80. The molecule has 0 bridgehead atoms. The number of sulfonamides is 1. The van der Waals surface area contributed by atoms with E-state index in [9.17, 15) is 13.2 Å². The maximum atomic E-state index is 12.0. The van der Waals surface area contributed by atoms with Gasteiger partial charge in [-0.15, -0.1) is 22.7 Å². The molecule has 2 aromatic heterocycles. The van der Waals surface area contributed by atoms with Crippen molar-refractivity contribution in [2.24, 2.45) is 0 Å². The molecule has 0 fully saturated rings. The normalized spacial score (nSPS) is 11.4. The number of anilines is 1. The average molecular weight is 369 g/mol. The first-order valence-electron chi connectivity index (χ1n) is 4.34. The Morgan fingerprint density at radius 3 is 2.72 bits per heavy atom. The van der Waals surface area contributed by atoms with Crippen LogP contribution in [0.1, 0.15) is 10.5 Å². The van der Waals surface area contributed by atoms with Crippen molar-refractivity contribution < 1.29 is 18.3 Å². The van der Waals surface area contributed by atoms with E-state index in [1.165, 1.54) is 5.51 Å². The molecule has 0 aliphatic rings. The molecule has 10 heteroatoms. The first kappa shape index (κ1) is 13.5. The quantitative estimate of drug-likeness (QED) is 0.863. The number of aromatic carboxylic acids is 1. The lowest BCUT2D eigenvalue weighted by Crippen LogP contribution is -2.13. The number of hydrogen-bond donors (Lipinski definition) is 2. The molecule has 0 saturated heterocycles. The number of aromatic nitrogens is 1. The summed E-state index contributed by atoms with van der Waals surface area (Å²) in [5.74, 6) is -1.28. The Bertz CT molecular complexity index is 691. The Hall–Kier alpha value is -0.970. The van der Waals surface area contributed by atoms with Crippen molar-refractivity contribution in [3.05, 3.63) is 27.1 Å². The smallest absolute Gasteiger partial charge is 0.357 e. The minimum Gasteiger partial charge on any atom is -0.476 e. The average Bonchev–Trinajstić information content (AvgIpc) is 2.86. The number of hydrogen-bond acceptors (Lipinski definition) is 6. The third-order valence-corrected chi connectivity index (χ3v) is 6.72. The van der Waals surface area contributed by atoms with Crippen LogP contribution in [-0.2, 0) is 10.0 Å². The summed E-state index contributed by atoms with van der Waals surface area (Å²) in [6.45, 7) is 0. The summed E-state index contributed by atoms with van der Waals surface area (Å²) in [6, 6.07) is 1.60. The predicted octanol–water partition coefficient (Wildman–Crippen LogP) is 2.47. The second-order valence-electron chi connectivity index (χ2n) is 3.00. The fraction of sp³-hybridized carbons (Fsp3) is 0. The largest absolute Gasteiger partial charge is 0.476 e. The van der Waals surface area contributed by atoms with Gasteiger partial charge in [0.2, 0.25) is 0 Å². The number of halogens is 1. The van der Waals surface area contributed by atoms with E-state index in [0.717, 1.165) is 22.7 Å². The van der Waals surface area contributed by atoms with Crippen molar-refractivity contribution >= 4 is 59.6 Å². The zero-order valence-electron chi connectivity index (χ0n) is 8.45. The molecule has 0 aromatic carbocycles. The van der Waals surface area contributed by atoms with Crippen LogP contribution >= 0.6 is 38.6 Å². The van der Waals surface area contributed by atoms with E-state index in [0.29, 0.717) is 4.47 Å². The van der Waals surface area contributed by atoms with Crippen molar-refractivity contribution in [2.45, 2.75) is 4.21 Å². The summed E-state index contributed by atoms with van der Waals surface area (Å²) in [5, 5.41) is 10.4. The summed E-state index contributed by atoms with van der Waals surface area (Å²) in [5.41, 5.74) is 0.960. The molecule has 0 saturated carbocycles. The lowest BCUT2D eigenvalue weighted by molar-refractivity contribution is 0.0692. The van der Waals surface area contributed by atoms with Gasteiger partial charge in [-0.1, -0.05) is 0 Å². The second-order valence-corrected chi connectivity index (χ2v) is 7.50. The molecular formula is C8H5BrN2O4S3. The van der Waals surface area contributed by atoms with E-state index < -0.39 is 16.0 Å². The molecule has 0 spiro atoms. The van der Waals surface area contributed by atoms with Gasteiger partial charge in [0, 0.05) is 4.47 Å². The van der Waals surface area contributed by atoms with Gasteiger partial charge in [0.25, 0.3) is 10.0 Å². The first-order chi connectivity index (χ1) is 8.42. The molecule has 2 rings (SSSR count). The minimum atomic E-state index is -3.80. The fourth-order valence-electron chi connectivity index (χ4n) is 1.11. The molecule has 18 heavy (non-hydrogen) atoms. The third-order valence-electron chi connectivity index (χ3n) is 1.83. The monoisotopic (exact) mass is 368 g/mol. The van der Waals surface area contributed by atoms with E-state index >= 15 is 0 Å². The summed E-state index contributed by atoms with van der Waals surface area (Å²) in [6.07, 6.45) is 0. The van der Waals surface area contributed by atoms with Crippen molar-refractivity contribution in [1.82, 2.24) is 4.98 Å². The van der Waals surface area contributed by atoms with Gasteiger partial charge >= 0.3 is 5.97 Å². The molecule has 0 amide bonds. The Kier molecular flexibility index (Phi) is 3.71. The Morgan fingerprint density at radius 1 is 1.44 bits per heavy atom. The SMILES string of the molecule is O=C(O)c1ncsc1NS(=O)(=O)c1sccc1Br. The van der Waals surface area contributed by atoms with Crippen LogP contribution in [0, 0.1) is 0 Å². The summed E-state index contributed by atoms with van der Waals surface area (Å²) in [4.78, 5) is 14.4. The Morgan fingerprint density at radius 2 is 2.17 bits per heavy atom. The number of carbonyl (C=O) groups is 1. The lowest BCUT2D eigenvalue weighted by Gasteiger charge is -2.04. The predicted molar refractivity (Wildman–Crippen MR) is 71.9 cm³/mol. The molecular weight excluding hydrogens is 364 g/mol. The van der Waals surface area contributed by atoms with Crippen LogP contribution in [-0.4, -0.2) is 24.5 Å². The molecule has 2 heterocycles. The minimum absolute atomic E-state index is 0.0113. The van der Waals surface area contributed by atoms with E-state index in [2.05, 4.69) is 25.6 Å². The second kappa shape index (κ2) is 4.96. The summed E-state index contributed by atoms with van der Waals surface area (Å²) >= 11 is 5.06. The van der Waals surface area contributed by atoms with Crippen molar-refractivity contribution in [2.75, 3.05) is 4.72 Å². The molecule has 0 unspecified atom stereocenters. The number of rotatable bonds is 4. The molecule has 0 aliphatic carbocycles. The van der Waals surface area contributed by atoms with Gasteiger partial charge in [0.15, 0.2) is 9.90 Å². The van der Waals surface area contributed by atoms with Crippen LogP contribution in [0.15, 0.2) is 25.6 Å². The molecule has 2 aromatic rings. The van der Waals surface area contributed by atoms with Gasteiger partial charge in [-0.2, -0.15) is 0 Å². The highest BCUT2D eigenvalue weighted by molar-refractivity contribution is 9.10. The number of thiazole rings is 1. The van der Waals surface area contributed by atoms with Crippen LogP contribution < -0.4 is 4.72 Å². The number of carboxylic acid groups (broad SMARTS) is 1. The molecule has 0 aliphatic heterocycles. The Balaban J connectivity index is 2.37. The van der Waals surface area contributed by atoms with Crippen molar-refractivity contribution in [1.29, 1.82) is 0 Å². The molecule has 2 N–H and O–H groups in total. The maximum absolute atomic E-state index is 12.0. The topological polar surface area (TPSA) is 96.4 Å². The maximum Gasteiger partial charge on any atom is 0.357 e. The van der Waals surface area contributed by atoms with E-state index in [4.69, 9.17) is 5.11 Å². The van der Waals surface area contributed by atoms with E-state index in [1.807, 2.05) is 0 Å². The lowest BCUT2D eigenvalue weighted by atomic mass is 10.5. The van der Waals surface area contributed by atoms with Gasteiger partial charge in [-0.3, -0.25) is 4.72 Å². The summed E-state index contributed by atoms with van der Waals surface area (Å²) < 4.78 is 26.8. The van der Waals surface area contributed by atoms with Gasteiger partial charge in [0.1, 0.15) is 5.00 Å². The van der Waals surface area contributed by atoms with Crippen LogP contribution in [0.5, 0.6) is 0 Å². The van der Waals surface area contributed by atoms with E-state index in [-0.39, 0.29) is 14.9 Å². The van der Waals surface area contributed by atoms with Gasteiger partial charge < -0.3 is 5.11 Å². The first-order valence-corrected chi connectivity index (χ1v) is 8.38. The van der Waals surface area contributed by atoms with Gasteiger partial charge in [-0.25, -0.2) is 18.2 Å². The zero-order valence-corrected chi connectivity index (χ0v) is 12.5. The molecule has 0 radical (unpaired) electrons. The number of thiophene rings is 1. The van der Waals surface area contributed by atoms with Crippen molar-refractivity contribution in [3.63, 3.8) is 0 Å². The van der Waals surface area contributed by atoms with Crippen LogP contribution in [0.25, 0.3) is 0 Å². The van der Waals surface area contributed by atoms with Crippen LogP contribution in [0.2, 0.25) is 0 Å².